The van der Waals surface area contributed by atoms with Crippen molar-refractivity contribution in [2.24, 2.45) is 0 Å². The maximum Gasteiger partial charge on any atom is 0.264 e. The second kappa shape index (κ2) is 9.55. The zero-order chi connectivity index (χ0) is 22.5. The molecule has 32 heavy (non-hydrogen) atoms. The van der Waals surface area contributed by atoms with Crippen molar-refractivity contribution in [3.05, 3.63) is 87.9 Å². The number of nitrogens with zero attached hydrogens (tertiary/aromatic N) is 4. The highest BCUT2D eigenvalue weighted by atomic mass is 16.2. The third-order valence-electron chi connectivity index (χ3n) is 5.53. The SMILES string of the molecule is CCCC(=O)N1CCc2c(cn(Cc3ccccc3)c(=O)c2C(=O)Nc2cncnc2)C1. The summed E-state index contributed by atoms with van der Waals surface area (Å²) in [6.45, 7) is 3.19. The van der Waals surface area contributed by atoms with Gasteiger partial charge >= 0.3 is 0 Å². The van der Waals surface area contributed by atoms with Crippen LogP contribution in [0.5, 0.6) is 0 Å². The number of fused-ring (bicyclic) bond motifs is 1. The third kappa shape index (κ3) is 4.59. The number of rotatable bonds is 6. The summed E-state index contributed by atoms with van der Waals surface area (Å²) in [5.74, 6) is -0.400. The van der Waals surface area contributed by atoms with E-state index in [1.165, 1.54) is 18.7 Å². The Bertz CT molecular complexity index is 1180. The molecule has 0 bridgehead atoms. The standard InChI is InChI=1S/C24H25N5O3/c1-2-6-21(30)28-10-9-20-18(14-28)15-29(13-17-7-4-3-5-8-17)24(32)22(20)23(31)27-19-11-25-16-26-12-19/h3-5,7-8,11-12,15-16H,2,6,9-10,13-14H2,1H3,(H,27,31). The monoisotopic (exact) mass is 431 g/mol. The normalized spacial score (nSPS) is 12.8. The second-order valence-electron chi connectivity index (χ2n) is 7.82. The Hall–Kier alpha value is -3.81. The molecule has 8 nitrogen and oxygen atoms in total. The zero-order valence-corrected chi connectivity index (χ0v) is 18.0. The number of hydrogen-bond donors (Lipinski definition) is 1. The van der Waals surface area contributed by atoms with E-state index in [4.69, 9.17) is 0 Å². The molecule has 1 aromatic carbocycles. The smallest absolute Gasteiger partial charge is 0.264 e. The van der Waals surface area contributed by atoms with E-state index in [1.807, 2.05) is 37.3 Å². The fraction of sp³-hybridized carbons (Fsp3) is 0.292. The van der Waals surface area contributed by atoms with E-state index in [-0.39, 0.29) is 17.0 Å². The number of benzene rings is 1. The lowest BCUT2D eigenvalue weighted by Gasteiger charge is -2.30. The molecule has 1 aliphatic heterocycles. The molecule has 1 aliphatic rings. The third-order valence-corrected chi connectivity index (χ3v) is 5.53. The molecule has 0 radical (unpaired) electrons. The van der Waals surface area contributed by atoms with Crippen molar-refractivity contribution in [3.8, 4) is 0 Å². The van der Waals surface area contributed by atoms with Crippen molar-refractivity contribution < 1.29 is 9.59 Å². The van der Waals surface area contributed by atoms with Crippen molar-refractivity contribution in [1.29, 1.82) is 0 Å². The van der Waals surface area contributed by atoms with Gasteiger partial charge in [-0.05, 0) is 29.5 Å². The van der Waals surface area contributed by atoms with Crippen LogP contribution in [0.4, 0.5) is 5.69 Å². The Kier molecular flexibility index (Phi) is 6.39. The molecule has 0 fully saturated rings. The summed E-state index contributed by atoms with van der Waals surface area (Å²) in [4.78, 5) is 48.6. The zero-order valence-electron chi connectivity index (χ0n) is 18.0. The van der Waals surface area contributed by atoms with Crippen molar-refractivity contribution in [2.45, 2.75) is 39.3 Å². The summed E-state index contributed by atoms with van der Waals surface area (Å²) < 4.78 is 1.55. The molecule has 2 aromatic heterocycles. The molecule has 0 atom stereocenters. The number of hydrogen-bond acceptors (Lipinski definition) is 5. The summed E-state index contributed by atoms with van der Waals surface area (Å²) in [6.07, 6.45) is 7.85. The van der Waals surface area contributed by atoms with Crippen LogP contribution in [-0.2, 0) is 24.3 Å². The van der Waals surface area contributed by atoms with E-state index >= 15 is 0 Å². The Balaban J connectivity index is 1.74. The lowest BCUT2D eigenvalue weighted by atomic mass is 9.95. The van der Waals surface area contributed by atoms with E-state index in [0.29, 0.717) is 43.7 Å². The maximum atomic E-state index is 13.4. The van der Waals surface area contributed by atoms with Gasteiger partial charge in [-0.25, -0.2) is 9.97 Å². The first kappa shape index (κ1) is 21.4. The highest BCUT2D eigenvalue weighted by Crippen LogP contribution is 2.23. The van der Waals surface area contributed by atoms with Crippen LogP contribution >= 0.6 is 0 Å². The van der Waals surface area contributed by atoms with E-state index in [9.17, 15) is 14.4 Å². The Labute approximate surface area is 185 Å². The minimum absolute atomic E-state index is 0.0893. The molecule has 0 saturated heterocycles. The number of amides is 2. The van der Waals surface area contributed by atoms with Crippen molar-refractivity contribution in [3.63, 3.8) is 0 Å². The molecule has 0 saturated carbocycles. The first-order chi connectivity index (χ1) is 15.6. The van der Waals surface area contributed by atoms with E-state index in [1.54, 1.807) is 15.7 Å². The Morgan fingerprint density at radius 1 is 1.12 bits per heavy atom. The topological polar surface area (TPSA) is 97.2 Å². The summed E-state index contributed by atoms with van der Waals surface area (Å²) in [5, 5.41) is 2.74. The molecule has 0 aliphatic carbocycles. The van der Waals surface area contributed by atoms with Crippen molar-refractivity contribution in [2.75, 3.05) is 11.9 Å². The van der Waals surface area contributed by atoms with Gasteiger partial charge in [-0.1, -0.05) is 37.3 Å². The molecule has 8 heteroatoms. The number of nitrogens with one attached hydrogen (secondary N) is 1. The first-order valence-corrected chi connectivity index (χ1v) is 10.7. The average molecular weight is 431 g/mol. The predicted octanol–water partition coefficient (Wildman–Crippen LogP) is 2.62. The van der Waals surface area contributed by atoms with Gasteiger partial charge in [0.15, 0.2) is 0 Å². The van der Waals surface area contributed by atoms with Crippen molar-refractivity contribution in [1.82, 2.24) is 19.4 Å². The number of carbonyl (C=O) groups excluding carboxylic acids is 2. The summed E-state index contributed by atoms with van der Waals surface area (Å²) in [6, 6.07) is 9.60. The van der Waals surface area contributed by atoms with Gasteiger partial charge in [0.1, 0.15) is 11.9 Å². The van der Waals surface area contributed by atoms with Crippen LogP contribution in [0, 0.1) is 0 Å². The van der Waals surface area contributed by atoms with Gasteiger partial charge in [0.25, 0.3) is 11.5 Å². The highest BCUT2D eigenvalue weighted by molar-refractivity contribution is 6.05. The second-order valence-corrected chi connectivity index (χ2v) is 7.82. The van der Waals surface area contributed by atoms with Gasteiger partial charge in [0.05, 0.1) is 24.6 Å². The highest BCUT2D eigenvalue weighted by Gasteiger charge is 2.28. The minimum atomic E-state index is -0.489. The number of aromatic nitrogens is 3. The molecule has 3 heterocycles. The Morgan fingerprint density at radius 3 is 2.59 bits per heavy atom. The molecule has 0 spiro atoms. The summed E-state index contributed by atoms with van der Waals surface area (Å²) >= 11 is 0. The van der Waals surface area contributed by atoms with E-state index < -0.39 is 5.91 Å². The summed E-state index contributed by atoms with van der Waals surface area (Å²) in [5.41, 5.74) is 2.66. The maximum absolute atomic E-state index is 13.4. The van der Waals surface area contributed by atoms with E-state index in [0.717, 1.165) is 17.5 Å². The average Bonchev–Trinajstić information content (AvgIpc) is 2.81. The van der Waals surface area contributed by atoms with Crippen LogP contribution in [0.3, 0.4) is 0 Å². The van der Waals surface area contributed by atoms with Crippen LogP contribution < -0.4 is 10.9 Å². The molecule has 0 unspecified atom stereocenters. The minimum Gasteiger partial charge on any atom is -0.338 e. The molecule has 1 N–H and O–H groups in total. The van der Waals surface area contributed by atoms with Crippen LogP contribution in [0.25, 0.3) is 0 Å². The quantitative estimate of drug-likeness (QED) is 0.647. The number of carbonyl (C=O) groups is 2. The largest absolute Gasteiger partial charge is 0.338 e. The van der Waals surface area contributed by atoms with Gasteiger partial charge in [0, 0.05) is 25.7 Å². The summed E-state index contributed by atoms with van der Waals surface area (Å²) in [7, 11) is 0. The number of pyridine rings is 1. The number of anilines is 1. The van der Waals surface area contributed by atoms with Crippen LogP contribution in [0.2, 0.25) is 0 Å². The molecule has 4 rings (SSSR count). The van der Waals surface area contributed by atoms with Crippen LogP contribution in [0.1, 0.15) is 46.8 Å². The van der Waals surface area contributed by atoms with E-state index in [2.05, 4.69) is 15.3 Å². The molecular weight excluding hydrogens is 406 g/mol. The molecule has 164 valence electrons. The Morgan fingerprint density at radius 2 is 1.88 bits per heavy atom. The van der Waals surface area contributed by atoms with Crippen LogP contribution in [-0.4, -0.2) is 37.8 Å². The van der Waals surface area contributed by atoms with Gasteiger partial charge < -0.3 is 14.8 Å². The first-order valence-electron chi connectivity index (χ1n) is 10.7. The van der Waals surface area contributed by atoms with Crippen molar-refractivity contribution >= 4 is 17.5 Å². The fourth-order valence-electron chi connectivity index (χ4n) is 3.98. The van der Waals surface area contributed by atoms with Gasteiger partial charge in [-0.15, -0.1) is 0 Å². The molecule has 2 amide bonds. The lowest BCUT2D eigenvalue weighted by molar-refractivity contribution is -0.132. The van der Waals surface area contributed by atoms with Gasteiger partial charge in [0.2, 0.25) is 5.91 Å². The lowest BCUT2D eigenvalue weighted by Crippen LogP contribution is -2.40. The predicted molar refractivity (Wildman–Crippen MR) is 120 cm³/mol. The van der Waals surface area contributed by atoms with Gasteiger partial charge in [-0.3, -0.25) is 14.4 Å². The molecular formula is C24H25N5O3. The molecule has 3 aromatic rings. The van der Waals surface area contributed by atoms with Crippen LogP contribution in [0.15, 0.2) is 60.0 Å². The van der Waals surface area contributed by atoms with Gasteiger partial charge in [-0.2, -0.15) is 0 Å². The fourth-order valence-corrected chi connectivity index (χ4v) is 3.98.